The Balaban J connectivity index is 1.57. The molecule has 2 aromatic carbocycles. The highest BCUT2D eigenvalue weighted by molar-refractivity contribution is 5.99. The maximum absolute atomic E-state index is 12.8. The van der Waals surface area contributed by atoms with Gasteiger partial charge in [0.25, 0.3) is 5.91 Å². The number of carbonyl (C=O) groups is 1. The van der Waals surface area contributed by atoms with E-state index in [-0.39, 0.29) is 5.91 Å². The number of nitrogens with zero attached hydrogens (tertiary/aromatic N) is 3. The summed E-state index contributed by atoms with van der Waals surface area (Å²) in [6.45, 7) is 6.89. The molecule has 0 radical (unpaired) electrons. The number of carbonyl (C=O) groups excluding carboxylic acids is 1. The van der Waals surface area contributed by atoms with Crippen molar-refractivity contribution in [1.82, 2.24) is 15.2 Å². The molecular weight excluding hydrogens is 438 g/mol. The predicted molar refractivity (Wildman–Crippen MR) is 140 cm³/mol. The van der Waals surface area contributed by atoms with E-state index in [9.17, 15) is 4.79 Å². The molecule has 1 saturated heterocycles. The number of likely N-dealkylation sites (tertiary alicyclic amines) is 1. The first-order valence-electron chi connectivity index (χ1n) is 11.8. The molecule has 7 nitrogen and oxygen atoms in total. The fraction of sp³-hybridized carbons (Fsp3) is 0.321. The SMILES string of the molecule is C=C(C#N)CNc1c(OC)ccc2ccc(-c3cccc(C(=O)NCC4CCN(C)CC4)n3)cc12. The van der Waals surface area contributed by atoms with Crippen molar-refractivity contribution in [3.05, 3.63) is 66.4 Å². The zero-order chi connectivity index (χ0) is 24.8. The van der Waals surface area contributed by atoms with E-state index in [2.05, 4.69) is 40.2 Å². The highest BCUT2D eigenvalue weighted by Gasteiger charge is 2.18. The van der Waals surface area contributed by atoms with Crippen LogP contribution in [0.25, 0.3) is 22.0 Å². The molecule has 0 spiro atoms. The van der Waals surface area contributed by atoms with E-state index in [4.69, 9.17) is 10.00 Å². The molecule has 1 aliphatic heterocycles. The molecule has 0 atom stereocenters. The lowest BCUT2D eigenvalue weighted by atomic mass is 9.97. The molecule has 2 heterocycles. The summed E-state index contributed by atoms with van der Waals surface area (Å²) in [6, 6.07) is 17.5. The van der Waals surface area contributed by atoms with Crippen LogP contribution in [0.4, 0.5) is 5.69 Å². The van der Waals surface area contributed by atoms with Gasteiger partial charge in [-0.15, -0.1) is 0 Å². The topological polar surface area (TPSA) is 90.3 Å². The second kappa shape index (κ2) is 11.0. The third kappa shape index (κ3) is 5.79. The number of methoxy groups -OCH3 is 1. The van der Waals surface area contributed by atoms with Gasteiger partial charge in [-0.25, -0.2) is 4.98 Å². The van der Waals surface area contributed by atoms with Gasteiger partial charge in [-0.2, -0.15) is 5.26 Å². The van der Waals surface area contributed by atoms with Crippen LogP contribution in [0.3, 0.4) is 0 Å². The van der Waals surface area contributed by atoms with Crippen molar-refractivity contribution in [1.29, 1.82) is 5.26 Å². The van der Waals surface area contributed by atoms with Gasteiger partial charge in [0.05, 0.1) is 24.6 Å². The van der Waals surface area contributed by atoms with Crippen LogP contribution in [0, 0.1) is 17.2 Å². The van der Waals surface area contributed by atoms with E-state index in [0.29, 0.717) is 41.7 Å². The van der Waals surface area contributed by atoms with Gasteiger partial charge in [0.15, 0.2) is 0 Å². The van der Waals surface area contributed by atoms with E-state index in [1.165, 1.54) is 0 Å². The highest BCUT2D eigenvalue weighted by atomic mass is 16.5. The van der Waals surface area contributed by atoms with E-state index in [1.807, 2.05) is 42.5 Å². The molecule has 0 saturated carbocycles. The van der Waals surface area contributed by atoms with Gasteiger partial charge in [-0.3, -0.25) is 4.79 Å². The van der Waals surface area contributed by atoms with Crippen molar-refractivity contribution in [2.45, 2.75) is 12.8 Å². The van der Waals surface area contributed by atoms with Crippen molar-refractivity contribution in [2.24, 2.45) is 5.92 Å². The second-order valence-corrected chi connectivity index (χ2v) is 9.01. The summed E-state index contributed by atoms with van der Waals surface area (Å²) < 4.78 is 5.55. The summed E-state index contributed by atoms with van der Waals surface area (Å²) in [5, 5.41) is 17.4. The van der Waals surface area contributed by atoms with Crippen molar-refractivity contribution in [3.63, 3.8) is 0 Å². The number of benzene rings is 2. The van der Waals surface area contributed by atoms with Crippen LogP contribution in [-0.4, -0.2) is 56.1 Å². The Morgan fingerprint density at radius 3 is 2.74 bits per heavy atom. The average Bonchev–Trinajstić information content (AvgIpc) is 2.90. The number of aromatic nitrogens is 1. The predicted octanol–water partition coefficient (Wildman–Crippen LogP) is 4.47. The number of hydrogen-bond donors (Lipinski definition) is 2. The maximum Gasteiger partial charge on any atom is 0.269 e. The summed E-state index contributed by atoms with van der Waals surface area (Å²) in [4.78, 5) is 19.8. The van der Waals surface area contributed by atoms with Crippen LogP contribution in [0.15, 0.2) is 60.7 Å². The van der Waals surface area contributed by atoms with Gasteiger partial charge >= 0.3 is 0 Å². The number of hydrogen-bond acceptors (Lipinski definition) is 6. The summed E-state index contributed by atoms with van der Waals surface area (Å²) in [7, 11) is 3.75. The Hall–Kier alpha value is -3.89. The van der Waals surface area contributed by atoms with E-state index in [1.54, 1.807) is 13.2 Å². The Kier molecular flexibility index (Phi) is 7.64. The van der Waals surface area contributed by atoms with Gasteiger partial charge in [-0.1, -0.05) is 30.8 Å². The molecule has 1 amide bonds. The fourth-order valence-electron chi connectivity index (χ4n) is 4.36. The largest absolute Gasteiger partial charge is 0.495 e. The fourth-order valence-corrected chi connectivity index (χ4v) is 4.36. The lowest BCUT2D eigenvalue weighted by Crippen LogP contribution is -2.37. The Morgan fingerprint density at radius 2 is 2.00 bits per heavy atom. The number of nitriles is 1. The normalized spacial score (nSPS) is 14.3. The molecule has 4 rings (SSSR count). The van der Waals surface area contributed by atoms with Crippen LogP contribution in [-0.2, 0) is 0 Å². The van der Waals surface area contributed by atoms with E-state index >= 15 is 0 Å². The van der Waals surface area contributed by atoms with E-state index < -0.39 is 0 Å². The minimum Gasteiger partial charge on any atom is -0.495 e. The summed E-state index contributed by atoms with van der Waals surface area (Å²) in [5.41, 5.74) is 3.23. The molecule has 0 bridgehead atoms. The van der Waals surface area contributed by atoms with Crippen LogP contribution in [0.5, 0.6) is 5.75 Å². The smallest absolute Gasteiger partial charge is 0.269 e. The number of rotatable bonds is 8. The number of pyridine rings is 1. The molecule has 180 valence electrons. The summed E-state index contributed by atoms with van der Waals surface area (Å²) in [6.07, 6.45) is 2.20. The van der Waals surface area contributed by atoms with Gasteiger partial charge < -0.3 is 20.3 Å². The summed E-state index contributed by atoms with van der Waals surface area (Å²) in [5.74, 6) is 1.04. The van der Waals surface area contributed by atoms with E-state index in [0.717, 1.165) is 48.0 Å². The zero-order valence-corrected chi connectivity index (χ0v) is 20.3. The first-order chi connectivity index (χ1) is 17.0. The molecule has 0 unspecified atom stereocenters. The molecular formula is C28H31N5O2. The first-order valence-corrected chi connectivity index (χ1v) is 11.8. The van der Waals surface area contributed by atoms with Crippen LogP contribution in [0.1, 0.15) is 23.3 Å². The van der Waals surface area contributed by atoms with Crippen LogP contribution >= 0.6 is 0 Å². The van der Waals surface area contributed by atoms with Crippen molar-refractivity contribution >= 4 is 22.4 Å². The van der Waals surface area contributed by atoms with Gasteiger partial charge in [0.1, 0.15) is 11.4 Å². The molecule has 7 heteroatoms. The number of ether oxygens (including phenoxy) is 1. The minimum atomic E-state index is -0.148. The molecule has 35 heavy (non-hydrogen) atoms. The molecule has 2 N–H and O–H groups in total. The van der Waals surface area contributed by atoms with Gasteiger partial charge in [0, 0.05) is 29.6 Å². The Labute approximate surface area is 206 Å². The number of amides is 1. The Morgan fingerprint density at radius 1 is 1.23 bits per heavy atom. The zero-order valence-electron chi connectivity index (χ0n) is 20.3. The molecule has 0 aliphatic carbocycles. The maximum atomic E-state index is 12.8. The lowest BCUT2D eigenvalue weighted by Gasteiger charge is -2.28. The van der Waals surface area contributed by atoms with Crippen molar-refractivity contribution in [2.75, 3.05) is 45.7 Å². The number of piperidine rings is 1. The highest BCUT2D eigenvalue weighted by Crippen LogP contribution is 2.35. The van der Waals surface area contributed by atoms with Crippen molar-refractivity contribution < 1.29 is 9.53 Å². The van der Waals surface area contributed by atoms with Crippen molar-refractivity contribution in [3.8, 4) is 23.1 Å². The van der Waals surface area contributed by atoms with Crippen LogP contribution in [0.2, 0.25) is 0 Å². The minimum absolute atomic E-state index is 0.148. The van der Waals surface area contributed by atoms with Crippen LogP contribution < -0.4 is 15.4 Å². The third-order valence-corrected chi connectivity index (χ3v) is 6.51. The lowest BCUT2D eigenvalue weighted by molar-refractivity contribution is 0.0934. The van der Waals surface area contributed by atoms with Gasteiger partial charge in [0.2, 0.25) is 0 Å². The molecule has 3 aromatic rings. The quantitative estimate of drug-likeness (QED) is 0.473. The number of fused-ring (bicyclic) bond motifs is 1. The number of anilines is 1. The third-order valence-electron chi connectivity index (χ3n) is 6.51. The molecule has 1 aromatic heterocycles. The summed E-state index contributed by atoms with van der Waals surface area (Å²) >= 11 is 0. The van der Waals surface area contributed by atoms with Gasteiger partial charge in [-0.05, 0) is 68.5 Å². The first kappa shape index (κ1) is 24.2. The molecule has 1 aliphatic rings. The molecule has 1 fully saturated rings. The number of nitrogens with one attached hydrogen (secondary N) is 2. The standard InChI is InChI=1S/C28H31N5O2/c1-19(16-29)17-30-27-23-15-22(8-7-21(23)9-10-26(27)35-3)24-5-4-6-25(32-24)28(34)31-18-20-11-13-33(2)14-12-20/h4-10,15,20,30H,1,11-14,17-18H2,2-3H3,(H,31,34). The Bertz CT molecular complexity index is 1270. The second-order valence-electron chi connectivity index (χ2n) is 9.01. The monoisotopic (exact) mass is 469 g/mol. The average molecular weight is 470 g/mol.